The van der Waals surface area contributed by atoms with E-state index in [0.29, 0.717) is 31.0 Å². The number of carboxylic acid groups (broad SMARTS) is 1. The van der Waals surface area contributed by atoms with Gasteiger partial charge < -0.3 is 15.3 Å². The molecule has 4 heteroatoms. The molecule has 3 rings (SSSR count). The molecule has 1 aromatic carbocycles. The largest absolute Gasteiger partial charge is 0.465 e. The highest BCUT2D eigenvalue weighted by Gasteiger charge is 2.38. The van der Waals surface area contributed by atoms with E-state index in [-0.39, 0.29) is 0 Å². The molecule has 20 heavy (non-hydrogen) atoms. The summed E-state index contributed by atoms with van der Waals surface area (Å²) >= 11 is 0. The second kappa shape index (κ2) is 5.83. The Hall–Kier alpha value is -1.55. The summed E-state index contributed by atoms with van der Waals surface area (Å²) in [5, 5.41) is 12.6. The van der Waals surface area contributed by atoms with Crippen molar-refractivity contribution in [2.75, 3.05) is 19.6 Å². The molecule has 108 valence electrons. The summed E-state index contributed by atoms with van der Waals surface area (Å²) in [5.74, 6) is 1.30. The zero-order chi connectivity index (χ0) is 13.9. The number of likely N-dealkylation sites (tertiary alicyclic amines) is 1. The minimum atomic E-state index is -0.775. The number of rotatable bonds is 4. The van der Waals surface area contributed by atoms with Gasteiger partial charge in [-0.05, 0) is 37.3 Å². The molecule has 2 N–H and O–H groups in total. The summed E-state index contributed by atoms with van der Waals surface area (Å²) < 4.78 is 0. The Morgan fingerprint density at radius 3 is 2.60 bits per heavy atom. The van der Waals surface area contributed by atoms with Crippen molar-refractivity contribution in [2.45, 2.75) is 31.2 Å². The van der Waals surface area contributed by atoms with Gasteiger partial charge in [0.25, 0.3) is 0 Å². The average Bonchev–Trinajstić information content (AvgIpc) is 3.26. The fraction of sp³-hybridized carbons (Fsp3) is 0.562. The lowest BCUT2D eigenvalue weighted by Gasteiger charge is -2.30. The lowest BCUT2D eigenvalue weighted by molar-refractivity contribution is 0.124. The standard InChI is InChI=1S/C16H22N2O2/c19-16(20)18-8-6-12(7-9-18)11-17-15-10-14(15)13-4-2-1-3-5-13/h1-5,12,14-15,17H,6-11H2,(H,19,20). The van der Waals surface area contributed by atoms with E-state index in [1.807, 2.05) is 0 Å². The van der Waals surface area contributed by atoms with Crippen LogP contribution in [0.15, 0.2) is 30.3 Å². The van der Waals surface area contributed by atoms with Crippen molar-refractivity contribution >= 4 is 6.09 Å². The third-order valence-corrected chi connectivity index (χ3v) is 4.57. The van der Waals surface area contributed by atoms with E-state index < -0.39 is 6.09 Å². The number of amides is 1. The van der Waals surface area contributed by atoms with Gasteiger partial charge in [0.05, 0.1) is 0 Å². The highest BCUT2D eigenvalue weighted by atomic mass is 16.4. The number of hydrogen-bond acceptors (Lipinski definition) is 2. The van der Waals surface area contributed by atoms with E-state index in [1.165, 1.54) is 16.9 Å². The van der Waals surface area contributed by atoms with E-state index in [9.17, 15) is 4.79 Å². The van der Waals surface area contributed by atoms with Gasteiger partial charge in [-0.1, -0.05) is 30.3 Å². The molecule has 2 aliphatic rings. The van der Waals surface area contributed by atoms with Crippen molar-refractivity contribution in [3.05, 3.63) is 35.9 Å². The van der Waals surface area contributed by atoms with E-state index in [4.69, 9.17) is 5.11 Å². The first-order valence-corrected chi connectivity index (χ1v) is 7.50. The zero-order valence-corrected chi connectivity index (χ0v) is 11.7. The van der Waals surface area contributed by atoms with E-state index >= 15 is 0 Å². The molecule has 2 atom stereocenters. The molecule has 0 bridgehead atoms. The van der Waals surface area contributed by atoms with Crippen molar-refractivity contribution in [2.24, 2.45) is 5.92 Å². The number of nitrogens with one attached hydrogen (secondary N) is 1. The molecule has 2 fully saturated rings. The van der Waals surface area contributed by atoms with Crippen LogP contribution in [0.4, 0.5) is 4.79 Å². The van der Waals surface area contributed by atoms with Gasteiger partial charge >= 0.3 is 6.09 Å². The highest BCUT2D eigenvalue weighted by Crippen LogP contribution is 2.40. The number of hydrogen-bond donors (Lipinski definition) is 2. The number of benzene rings is 1. The van der Waals surface area contributed by atoms with Crippen LogP contribution in [0.3, 0.4) is 0 Å². The van der Waals surface area contributed by atoms with Gasteiger partial charge in [-0.3, -0.25) is 0 Å². The molecule has 4 nitrogen and oxygen atoms in total. The summed E-state index contributed by atoms with van der Waals surface area (Å²) in [7, 11) is 0. The van der Waals surface area contributed by atoms with Gasteiger partial charge in [-0.2, -0.15) is 0 Å². The fourth-order valence-corrected chi connectivity index (χ4v) is 3.14. The van der Waals surface area contributed by atoms with Crippen molar-refractivity contribution in [3.8, 4) is 0 Å². The SMILES string of the molecule is O=C(O)N1CCC(CNC2CC2c2ccccc2)CC1. The van der Waals surface area contributed by atoms with Gasteiger partial charge in [0.2, 0.25) is 0 Å². The summed E-state index contributed by atoms with van der Waals surface area (Å²) in [6.45, 7) is 2.41. The Morgan fingerprint density at radius 1 is 1.25 bits per heavy atom. The maximum atomic E-state index is 10.8. The summed E-state index contributed by atoms with van der Waals surface area (Å²) in [6.07, 6.45) is 2.44. The topological polar surface area (TPSA) is 52.6 Å². The Bertz CT molecular complexity index is 455. The van der Waals surface area contributed by atoms with Crippen LogP contribution in [-0.4, -0.2) is 41.8 Å². The van der Waals surface area contributed by atoms with E-state index in [1.54, 1.807) is 0 Å². The maximum Gasteiger partial charge on any atom is 0.407 e. The third-order valence-electron chi connectivity index (χ3n) is 4.57. The molecule has 1 aliphatic carbocycles. The quantitative estimate of drug-likeness (QED) is 0.887. The van der Waals surface area contributed by atoms with Gasteiger partial charge in [-0.25, -0.2) is 4.79 Å². The highest BCUT2D eigenvalue weighted by molar-refractivity contribution is 5.64. The van der Waals surface area contributed by atoms with Crippen LogP contribution in [0.2, 0.25) is 0 Å². The Labute approximate surface area is 119 Å². The van der Waals surface area contributed by atoms with Gasteiger partial charge in [-0.15, -0.1) is 0 Å². The molecule has 1 saturated carbocycles. The van der Waals surface area contributed by atoms with Crippen molar-refractivity contribution < 1.29 is 9.90 Å². The van der Waals surface area contributed by atoms with Gasteiger partial charge in [0.1, 0.15) is 0 Å². The van der Waals surface area contributed by atoms with Crippen LogP contribution in [0.1, 0.15) is 30.7 Å². The number of piperidine rings is 1. The van der Waals surface area contributed by atoms with Gasteiger partial charge in [0, 0.05) is 25.0 Å². The smallest absolute Gasteiger partial charge is 0.407 e. The van der Waals surface area contributed by atoms with Crippen molar-refractivity contribution in [1.29, 1.82) is 0 Å². The normalized spacial score (nSPS) is 26.5. The summed E-state index contributed by atoms with van der Waals surface area (Å²) in [4.78, 5) is 12.4. The van der Waals surface area contributed by atoms with Crippen LogP contribution in [0, 0.1) is 5.92 Å². The Kier molecular flexibility index (Phi) is 3.92. The fourth-order valence-electron chi connectivity index (χ4n) is 3.14. The van der Waals surface area contributed by atoms with Crippen molar-refractivity contribution in [3.63, 3.8) is 0 Å². The van der Waals surface area contributed by atoms with Crippen LogP contribution >= 0.6 is 0 Å². The first-order valence-electron chi connectivity index (χ1n) is 7.50. The minimum absolute atomic E-state index is 0.620. The molecule has 1 heterocycles. The average molecular weight is 274 g/mol. The lowest BCUT2D eigenvalue weighted by atomic mass is 9.97. The Morgan fingerprint density at radius 2 is 1.95 bits per heavy atom. The molecular weight excluding hydrogens is 252 g/mol. The first kappa shape index (κ1) is 13.4. The first-order chi connectivity index (χ1) is 9.74. The molecule has 1 saturated heterocycles. The lowest BCUT2D eigenvalue weighted by Crippen LogP contribution is -2.40. The molecular formula is C16H22N2O2. The third kappa shape index (κ3) is 3.12. The predicted molar refractivity (Wildman–Crippen MR) is 77.9 cm³/mol. The molecule has 2 unspecified atom stereocenters. The predicted octanol–water partition coefficient (Wildman–Crippen LogP) is 2.52. The molecule has 0 spiro atoms. The van der Waals surface area contributed by atoms with Crippen LogP contribution in [-0.2, 0) is 0 Å². The molecule has 1 amide bonds. The van der Waals surface area contributed by atoms with E-state index in [2.05, 4.69) is 35.6 Å². The van der Waals surface area contributed by atoms with Crippen LogP contribution < -0.4 is 5.32 Å². The van der Waals surface area contributed by atoms with E-state index in [0.717, 1.165) is 19.4 Å². The minimum Gasteiger partial charge on any atom is -0.465 e. The number of nitrogens with zero attached hydrogens (tertiary/aromatic N) is 1. The second-order valence-corrected chi connectivity index (χ2v) is 5.98. The van der Waals surface area contributed by atoms with Gasteiger partial charge in [0.15, 0.2) is 0 Å². The Balaban J connectivity index is 1.39. The summed E-state index contributed by atoms with van der Waals surface area (Å²) in [6, 6.07) is 11.3. The number of carbonyl (C=O) groups is 1. The molecule has 0 radical (unpaired) electrons. The maximum absolute atomic E-state index is 10.8. The zero-order valence-electron chi connectivity index (χ0n) is 11.7. The van der Waals surface area contributed by atoms with Crippen LogP contribution in [0.25, 0.3) is 0 Å². The van der Waals surface area contributed by atoms with Crippen LogP contribution in [0.5, 0.6) is 0 Å². The monoisotopic (exact) mass is 274 g/mol. The van der Waals surface area contributed by atoms with Crippen molar-refractivity contribution in [1.82, 2.24) is 10.2 Å². The summed E-state index contributed by atoms with van der Waals surface area (Å²) in [5.41, 5.74) is 1.44. The molecule has 1 aromatic rings. The molecule has 0 aromatic heterocycles. The molecule has 1 aliphatic heterocycles. The second-order valence-electron chi connectivity index (χ2n) is 5.98.